The van der Waals surface area contributed by atoms with E-state index in [1.54, 1.807) is 0 Å². The average Bonchev–Trinajstić information content (AvgIpc) is 2.27. The van der Waals surface area contributed by atoms with E-state index in [1.807, 2.05) is 37.3 Å². The van der Waals surface area contributed by atoms with Gasteiger partial charge in [-0.15, -0.1) is 0 Å². The van der Waals surface area contributed by atoms with Gasteiger partial charge in [0.25, 0.3) is 0 Å². The summed E-state index contributed by atoms with van der Waals surface area (Å²) in [7, 11) is 5.88. The van der Waals surface area contributed by atoms with Crippen molar-refractivity contribution in [2.75, 3.05) is 6.61 Å². The summed E-state index contributed by atoms with van der Waals surface area (Å²) in [6.07, 6.45) is 0. The molecular formula is C11H12ClO2Ru. The van der Waals surface area contributed by atoms with Crippen LogP contribution in [0.3, 0.4) is 0 Å². The molecule has 0 aliphatic heterocycles. The standard InChI is InChI=1S/C11H12O2.ClH.Ru/c1-3-12-10(2)13-9-11-7-5-4-6-8-11;;/h4-8H,2-3H2,1H3;1H;/q;;+1/p-1. The Morgan fingerprint density at radius 3 is 2.60 bits per heavy atom. The predicted molar refractivity (Wildman–Crippen MR) is 58.3 cm³/mol. The van der Waals surface area contributed by atoms with Crippen LogP contribution in [0.1, 0.15) is 12.5 Å². The van der Waals surface area contributed by atoms with Gasteiger partial charge in [0.05, 0.1) is 0 Å². The molecule has 1 aromatic carbocycles. The fourth-order valence-corrected chi connectivity index (χ4v) is 2.33. The maximum atomic E-state index is 5.88. The third-order valence-corrected chi connectivity index (χ3v) is 3.26. The van der Waals surface area contributed by atoms with Crippen LogP contribution in [0, 0.1) is 0 Å². The summed E-state index contributed by atoms with van der Waals surface area (Å²) in [5.74, 6) is 0.298. The molecule has 0 atom stereocenters. The SMILES string of the molecule is C=C(OCC)O[C](=[Ru][Cl])c1ccccc1. The molecule has 0 aromatic heterocycles. The van der Waals surface area contributed by atoms with Gasteiger partial charge in [0.15, 0.2) is 0 Å². The molecule has 0 saturated heterocycles. The summed E-state index contributed by atoms with van der Waals surface area (Å²) in [6, 6.07) is 9.73. The van der Waals surface area contributed by atoms with Crippen molar-refractivity contribution in [1.82, 2.24) is 0 Å². The Hall–Kier alpha value is -0.657. The van der Waals surface area contributed by atoms with E-state index in [2.05, 4.69) is 6.58 Å². The third-order valence-electron chi connectivity index (χ3n) is 1.56. The van der Waals surface area contributed by atoms with E-state index < -0.39 is 15.7 Å². The van der Waals surface area contributed by atoms with E-state index in [0.29, 0.717) is 12.6 Å². The summed E-state index contributed by atoms with van der Waals surface area (Å²) in [5, 5.41) is 0. The molecule has 0 N–H and O–H groups in total. The Kier molecular flexibility index (Phi) is 5.59. The van der Waals surface area contributed by atoms with E-state index in [1.165, 1.54) is 0 Å². The van der Waals surface area contributed by atoms with Crippen LogP contribution in [0.2, 0.25) is 0 Å². The van der Waals surface area contributed by atoms with Gasteiger partial charge >= 0.3 is 101 Å². The van der Waals surface area contributed by atoms with E-state index >= 15 is 0 Å². The van der Waals surface area contributed by atoms with Gasteiger partial charge in [-0.2, -0.15) is 0 Å². The average molecular weight is 313 g/mol. The first-order valence-electron chi connectivity index (χ1n) is 4.43. The van der Waals surface area contributed by atoms with Gasteiger partial charge in [0, 0.05) is 0 Å². The van der Waals surface area contributed by atoms with Crippen molar-refractivity contribution in [1.29, 1.82) is 0 Å². The molecule has 0 spiro atoms. The molecule has 0 bridgehead atoms. The molecule has 0 unspecified atom stereocenters. The van der Waals surface area contributed by atoms with Crippen molar-refractivity contribution < 1.29 is 25.2 Å². The minimum absolute atomic E-state index is 0.298. The topological polar surface area (TPSA) is 18.5 Å². The van der Waals surface area contributed by atoms with Crippen LogP contribution in [0.25, 0.3) is 0 Å². The van der Waals surface area contributed by atoms with E-state index in [4.69, 9.17) is 19.2 Å². The molecule has 0 amide bonds. The Bertz CT molecular complexity index is 349. The van der Waals surface area contributed by atoms with Crippen LogP contribution in [0.4, 0.5) is 0 Å². The molecule has 0 aliphatic carbocycles. The summed E-state index contributed by atoms with van der Waals surface area (Å²) < 4.78 is 11.3. The van der Waals surface area contributed by atoms with Gasteiger partial charge in [-0.05, 0) is 0 Å². The zero-order valence-electron chi connectivity index (χ0n) is 8.35. The van der Waals surface area contributed by atoms with Gasteiger partial charge in [-0.25, -0.2) is 0 Å². The zero-order valence-corrected chi connectivity index (χ0v) is 10.8. The first-order valence-corrected chi connectivity index (χ1v) is 7.54. The van der Waals surface area contributed by atoms with Gasteiger partial charge in [0.2, 0.25) is 0 Å². The van der Waals surface area contributed by atoms with Crippen molar-refractivity contribution in [3.63, 3.8) is 0 Å². The molecule has 0 heterocycles. The summed E-state index contributed by atoms with van der Waals surface area (Å²) >= 11 is -0.485. The van der Waals surface area contributed by atoms with Crippen LogP contribution >= 0.6 is 9.69 Å². The zero-order chi connectivity index (χ0) is 11.1. The fourth-order valence-electron chi connectivity index (χ4n) is 0.964. The van der Waals surface area contributed by atoms with E-state index in [-0.39, 0.29) is 0 Å². The second-order valence-electron chi connectivity index (χ2n) is 2.60. The van der Waals surface area contributed by atoms with Gasteiger partial charge in [-0.3, -0.25) is 0 Å². The first kappa shape index (κ1) is 12.4. The Morgan fingerprint density at radius 2 is 2.07 bits per heavy atom. The van der Waals surface area contributed by atoms with Crippen LogP contribution in [0.15, 0.2) is 42.9 Å². The molecule has 0 fully saturated rings. The molecule has 4 heteroatoms. The Balaban J connectivity index is 2.70. The Labute approximate surface area is 101 Å². The number of hydrogen-bond donors (Lipinski definition) is 0. The van der Waals surface area contributed by atoms with Crippen LogP contribution in [0.5, 0.6) is 0 Å². The van der Waals surface area contributed by atoms with Crippen LogP contribution < -0.4 is 0 Å². The number of benzene rings is 1. The number of rotatable bonds is 5. The van der Waals surface area contributed by atoms with Crippen molar-refractivity contribution in [2.24, 2.45) is 0 Å². The minimum atomic E-state index is -0.485. The monoisotopic (exact) mass is 313 g/mol. The number of hydrogen-bond acceptors (Lipinski definition) is 2. The predicted octanol–water partition coefficient (Wildman–Crippen LogP) is 2.93. The van der Waals surface area contributed by atoms with Gasteiger partial charge in [-0.1, -0.05) is 0 Å². The van der Waals surface area contributed by atoms with Gasteiger partial charge in [0.1, 0.15) is 0 Å². The maximum absolute atomic E-state index is 5.88. The molecule has 2 nitrogen and oxygen atoms in total. The van der Waals surface area contributed by atoms with Crippen molar-refractivity contribution in [3.8, 4) is 0 Å². The summed E-state index contributed by atoms with van der Waals surface area (Å²) in [5.41, 5.74) is 0.978. The van der Waals surface area contributed by atoms with Crippen molar-refractivity contribution in [3.05, 3.63) is 48.4 Å². The second-order valence-corrected chi connectivity index (χ2v) is 4.51. The third kappa shape index (κ3) is 4.15. The van der Waals surface area contributed by atoms with Crippen molar-refractivity contribution in [2.45, 2.75) is 6.92 Å². The molecular weight excluding hydrogens is 301 g/mol. The fraction of sp³-hybridized carbons (Fsp3) is 0.182. The Morgan fingerprint density at radius 1 is 1.40 bits per heavy atom. The van der Waals surface area contributed by atoms with E-state index in [0.717, 1.165) is 9.86 Å². The van der Waals surface area contributed by atoms with Crippen molar-refractivity contribution >= 4 is 14.0 Å². The molecule has 0 radical (unpaired) electrons. The van der Waals surface area contributed by atoms with E-state index in [9.17, 15) is 0 Å². The summed E-state index contributed by atoms with van der Waals surface area (Å²) in [4.78, 5) is 0. The molecule has 1 rings (SSSR count). The quantitative estimate of drug-likeness (QED) is 0.615. The van der Waals surface area contributed by atoms with Gasteiger partial charge < -0.3 is 0 Å². The number of halogens is 1. The normalized spacial score (nSPS) is 11.5. The molecule has 83 valence electrons. The van der Waals surface area contributed by atoms with Crippen LogP contribution in [-0.4, -0.2) is 10.9 Å². The molecule has 0 saturated carbocycles. The molecule has 0 aliphatic rings. The number of ether oxygens (including phenoxy) is 2. The second kappa shape index (κ2) is 6.76. The summed E-state index contributed by atoms with van der Waals surface area (Å²) in [6.45, 7) is 6.07. The van der Waals surface area contributed by atoms with Crippen LogP contribution in [-0.2, 0) is 25.2 Å². The molecule has 15 heavy (non-hydrogen) atoms. The molecule has 1 aromatic rings. The first-order chi connectivity index (χ1) is 7.27.